The van der Waals surface area contributed by atoms with Crippen molar-refractivity contribution in [1.82, 2.24) is 0 Å². The molecule has 0 bridgehead atoms. The molecule has 0 heterocycles. The number of benzene rings is 2. The van der Waals surface area contributed by atoms with Crippen LogP contribution in [-0.4, -0.2) is 5.78 Å². The molecule has 0 unspecified atom stereocenters. The Kier molecular flexibility index (Phi) is 3.25. The molecule has 18 heavy (non-hydrogen) atoms. The van der Waals surface area contributed by atoms with E-state index in [1.54, 1.807) is 0 Å². The van der Waals surface area contributed by atoms with Gasteiger partial charge in [-0.25, -0.2) is 0 Å². The summed E-state index contributed by atoms with van der Waals surface area (Å²) < 4.78 is 0. The monoisotopic (exact) mass is 240 g/mol. The number of carbonyl (C=O) groups is 1. The van der Waals surface area contributed by atoms with Gasteiger partial charge in [0.2, 0.25) is 0 Å². The molecular formula is C17H20O. The summed E-state index contributed by atoms with van der Waals surface area (Å²) in [4.78, 5) is 12.3. The molecule has 1 nitrogen and oxygen atoms in total. The highest BCUT2D eigenvalue weighted by Gasteiger charge is 2.22. The largest absolute Gasteiger partial charge is 0.294 e. The molecular weight excluding hydrogens is 220 g/mol. The van der Waals surface area contributed by atoms with E-state index in [1.165, 1.54) is 10.9 Å². The number of hydrogen-bond acceptors (Lipinski definition) is 1. The van der Waals surface area contributed by atoms with Crippen molar-refractivity contribution in [3.8, 4) is 0 Å². The second-order valence-electron chi connectivity index (χ2n) is 5.83. The van der Waals surface area contributed by atoms with Gasteiger partial charge in [-0.3, -0.25) is 4.79 Å². The highest BCUT2D eigenvalue weighted by molar-refractivity contribution is 6.02. The Morgan fingerprint density at radius 3 is 2.28 bits per heavy atom. The van der Waals surface area contributed by atoms with Gasteiger partial charge >= 0.3 is 0 Å². The fourth-order valence-electron chi connectivity index (χ4n) is 2.09. The summed E-state index contributed by atoms with van der Waals surface area (Å²) in [5.41, 5.74) is 1.79. The first kappa shape index (κ1) is 12.8. The first-order chi connectivity index (χ1) is 8.41. The highest BCUT2D eigenvalue weighted by atomic mass is 16.1. The van der Waals surface area contributed by atoms with Crippen LogP contribution in [0.1, 0.15) is 43.6 Å². The number of aryl methyl sites for hydroxylation is 1. The van der Waals surface area contributed by atoms with Crippen LogP contribution in [-0.2, 0) is 6.42 Å². The molecule has 0 aliphatic heterocycles. The SMILES string of the molecule is CCc1ccc2ccc(C(=O)C(C)(C)C)cc2c1. The molecule has 2 aromatic carbocycles. The number of fused-ring (bicyclic) bond motifs is 1. The van der Waals surface area contributed by atoms with Crippen molar-refractivity contribution in [2.24, 2.45) is 5.41 Å². The summed E-state index contributed by atoms with van der Waals surface area (Å²) in [5, 5.41) is 2.35. The fraction of sp³-hybridized carbons (Fsp3) is 0.353. The average Bonchev–Trinajstić information content (AvgIpc) is 2.35. The Hall–Kier alpha value is -1.63. The number of ketones is 1. The molecule has 0 atom stereocenters. The number of hydrogen-bond donors (Lipinski definition) is 0. The third-order valence-electron chi connectivity index (χ3n) is 3.26. The molecule has 0 saturated heterocycles. The molecule has 0 spiro atoms. The van der Waals surface area contributed by atoms with Crippen LogP contribution in [0.25, 0.3) is 10.8 Å². The molecule has 1 heteroatoms. The maximum Gasteiger partial charge on any atom is 0.168 e. The second kappa shape index (κ2) is 4.56. The van der Waals surface area contributed by atoms with E-state index in [9.17, 15) is 4.79 Å². The lowest BCUT2D eigenvalue weighted by Crippen LogP contribution is -2.19. The zero-order valence-electron chi connectivity index (χ0n) is 11.6. The molecule has 0 N–H and O–H groups in total. The molecule has 0 aliphatic rings. The maximum absolute atomic E-state index is 12.3. The summed E-state index contributed by atoms with van der Waals surface area (Å²) in [7, 11) is 0. The molecule has 0 aromatic heterocycles. The van der Waals surface area contributed by atoms with Crippen molar-refractivity contribution < 1.29 is 4.79 Å². The minimum absolute atomic E-state index is 0.200. The minimum atomic E-state index is -0.323. The Labute approximate surface area is 109 Å². The summed E-state index contributed by atoms with van der Waals surface area (Å²) >= 11 is 0. The molecule has 0 aliphatic carbocycles. The topological polar surface area (TPSA) is 17.1 Å². The van der Waals surface area contributed by atoms with Gasteiger partial charge in [0.15, 0.2) is 5.78 Å². The zero-order valence-corrected chi connectivity index (χ0v) is 11.6. The van der Waals surface area contributed by atoms with E-state index in [0.29, 0.717) is 0 Å². The summed E-state index contributed by atoms with van der Waals surface area (Å²) in [5.74, 6) is 0.200. The molecule has 0 fully saturated rings. The number of Topliss-reactive ketones (excluding diaryl/α,β-unsaturated/α-hetero) is 1. The molecule has 0 amide bonds. The van der Waals surface area contributed by atoms with Crippen molar-refractivity contribution in [3.63, 3.8) is 0 Å². The van der Waals surface area contributed by atoms with E-state index >= 15 is 0 Å². The average molecular weight is 240 g/mol. The normalized spacial score (nSPS) is 11.8. The fourth-order valence-corrected chi connectivity index (χ4v) is 2.09. The van der Waals surface area contributed by atoms with Gasteiger partial charge in [-0.05, 0) is 28.8 Å². The third kappa shape index (κ3) is 2.45. The first-order valence-corrected chi connectivity index (χ1v) is 6.49. The number of carbonyl (C=O) groups excluding carboxylic acids is 1. The van der Waals surface area contributed by atoms with Gasteiger partial charge in [-0.15, -0.1) is 0 Å². The Bertz CT molecular complexity index is 588. The van der Waals surface area contributed by atoms with Gasteiger partial charge in [0.1, 0.15) is 0 Å². The van der Waals surface area contributed by atoms with E-state index in [1.807, 2.05) is 39.0 Å². The summed E-state index contributed by atoms with van der Waals surface area (Å²) in [6.07, 6.45) is 1.02. The second-order valence-corrected chi connectivity index (χ2v) is 5.83. The van der Waals surface area contributed by atoms with Crippen molar-refractivity contribution in [2.75, 3.05) is 0 Å². The quantitative estimate of drug-likeness (QED) is 0.699. The minimum Gasteiger partial charge on any atom is -0.294 e. The first-order valence-electron chi connectivity index (χ1n) is 6.49. The lowest BCUT2D eigenvalue weighted by molar-refractivity contribution is 0.0858. The molecule has 2 rings (SSSR count). The van der Waals surface area contributed by atoms with E-state index in [2.05, 4.69) is 25.1 Å². The van der Waals surface area contributed by atoms with Gasteiger partial charge in [-0.1, -0.05) is 58.0 Å². The predicted molar refractivity (Wildman–Crippen MR) is 77.1 cm³/mol. The third-order valence-corrected chi connectivity index (χ3v) is 3.26. The highest BCUT2D eigenvalue weighted by Crippen LogP contribution is 2.24. The van der Waals surface area contributed by atoms with Crippen LogP contribution in [0.15, 0.2) is 36.4 Å². The summed E-state index contributed by atoms with van der Waals surface area (Å²) in [6.45, 7) is 8.03. The van der Waals surface area contributed by atoms with Gasteiger partial charge in [0, 0.05) is 11.0 Å². The molecule has 0 saturated carbocycles. The zero-order chi connectivity index (χ0) is 13.3. The van der Waals surface area contributed by atoms with Crippen LogP contribution < -0.4 is 0 Å². The van der Waals surface area contributed by atoms with E-state index < -0.39 is 0 Å². The van der Waals surface area contributed by atoms with Gasteiger partial charge in [-0.2, -0.15) is 0 Å². The van der Waals surface area contributed by atoms with Crippen LogP contribution in [0.4, 0.5) is 0 Å². The van der Waals surface area contributed by atoms with Gasteiger partial charge in [0.25, 0.3) is 0 Å². The predicted octanol–water partition coefficient (Wildman–Crippen LogP) is 4.63. The van der Waals surface area contributed by atoms with Crippen LogP contribution >= 0.6 is 0 Å². The standard InChI is InChI=1S/C17H20O/c1-5-12-6-7-13-8-9-14(11-15(13)10-12)16(18)17(2,3)4/h6-11H,5H2,1-4H3. The Balaban J connectivity index is 2.52. The summed E-state index contributed by atoms with van der Waals surface area (Å²) in [6, 6.07) is 12.4. The molecule has 2 aromatic rings. The van der Waals surface area contributed by atoms with E-state index in [4.69, 9.17) is 0 Å². The van der Waals surface area contributed by atoms with Gasteiger partial charge in [0.05, 0.1) is 0 Å². The molecule has 0 radical (unpaired) electrons. The Morgan fingerprint density at radius 1 is 1.00 bits per heavy atom. The van der Waals surface area contributed by atoms with Crippen molar-refractivity contribution in [1.29, 1.82) is 0 Å². The Morgan fingerprint density at radius 2 is 1.67 bits per heavy atom. The number of rotatable bonds is 2. The van der Waals surface area contributed by atoms with Crippen molar-refractivity contribution in [2.45, 2.75) is 34.1 Å². The van der Waals surface area contributed by atoms with Crippen LogP contribution in [0.2, 0.25) is 0 Å². The van der Waals surface area contributed by atoms with E-state index in [-0.39, 0.29) is 11.2 Å². The van der Waals surface area contributed by atoms with Gasteiger partial charge < -0.3 is 0 Å². The molecule has 94 valence electrons. The van der Waals surface area contributed by atoms with Crippen molar-refractivity contribution >= 4 is 16.6 Å². The smallest absolute Gasteiger partial charge is 0.168 e. The van der Waals surface area contributed by atoms with E-state index in [0.717, 1.165) is 17.4 Å². The van der Waals surface area contributed by atoms with Crippen molar-refractivity contribution in [3.05, 3.63) is 47.5 Å². The lowest BCUT2D eigenvalue weighted by atomic mass is 9.86. The van der Waals surface area contributed by atoms with Crippen LogP contribution in [0.5, 0.6) is 0 Å². The maximum atomic E-state index is 12.3. The lowest BCUT2D eigenvalue weighted by Gasteiger charge is -2.17. The van der Waals surface area contributed by atoms with Crippen LogP contribution in [0, 0.1) is 5.41 Å². The van der Waals surface area contributed by atoms with Crippen LogP contribution in [0.3, 0.4) is 0 Å².